The van der Waals surface area contributed by atoms with Gasteiger partial charge in [-0.2, -0.15) is 0 Å². The Morgan fingerprint density at radius 1 is 1.03 bits per heavy atom. The molecule has 1 N–H and O–H groups in total. The fraction of sp³-hybridized carbons (Fsp3) is 0.520. The van der Waals surface area contributed by atoms with Gasteiger partial charge in [0.15, 0.2) is 0 Å². The minimum atomic E-state index is -0.384. The van der Waals surface area contributed by atoms with Gasteiger partial charge in [0.25, 0.3) is 0 Å². The maximum Gasteiger partial charge on any atom is 0.338 e. The normalized spacial score (nSPS) is 31.3. The molecule has 5 aliphatic rings. The summed E-state index contributed by atoms with van der Waals surface area (Å²) < 4.78 is 5.17. The van der Waals surface area contributed by atoms with Gasteiger partial charge in [-0.15, -0.1) is 0 Å². The molecule has 1 heterocycles. The van der Waals surface area contributed by atoms with E-state index in [1.54, 1.807) is 24.3 Å². The van der Waals surface area contributed by atoms with Crippen molar-refractivity contribution in [3.05, 3.63) is 42.0 Å². The number of rotatable bonds is 8. The number of allylic oxidation sites excluding steroid dienone is 2. The molecule has 6 atom stereocenters. The van der Waals surface area contributed by atoms with Gasteiger partial charge in [0.05, 0.1) is 24.0 Å². The maximum absolute atomic E-state index is 13.0. The fourth-order valence-electron chi connectivity index (χ4n) is 5.76. The number of carbonyl (C=O) groups excluding carboxylic acids is 4. The zero-order chi connectivity index (χ0) is 22.4. The molecule has 3 amide bonds. The van der Waals surface area contributed by atoms with Crippen LogP contribution >= 0.6 is 0 Å². The molecule has 4 aliphatic carbocycles. The van der Waals surface area contributed by atoms with Crippen LogP contribution < -0.4 is 5.32 Å². The molecule has 6 rings (SSSR count). The van der Waals surface area contributed by atoms with Crippen molar-refractivity contribution in [3.63, 3.8) is 0 Å². The molecule has 32 heavy (non-hydrogen) atoms. The second kappa shape index (κ2) is 8.19. The van der Waals surface area contributed by atoms with Crippen LogP contribution in [0.3, 0.4) is 0 Å². The Bertz CT molecular complexity index is 949. The van der Waals surface area contributed by atoms with Gasteiger partial charge < -0.3 is 10.1 Å². The number of anilines is 1. The van der Waals surface area contributed by atoms with Crippen LogP contribution in [0.15, 0.2) is 36.4 Å². The van der Waals surface area contributed by atoms with E-state index in [1.165, 1.54) is 4.90 Å². The standard InChI is InChI=1S/C25H28N2O5/c1-2-3-12-32-25(31)14-4-6-15(7-5-14)26-20(28)10-11-27-23(29)21-16-8-9-17(19-13-18(16)19)22(21)24(27)30/h4-9,16-19,21-22H,2-3,10-13H2,1H3,(H,26,28)/t16-,17-,18-,19+,21+,22+/m0/s1. The second-order valence-corrected chi connectivity index (χ2v) is 9.35. The number of hydrogen-bond donors (Lipinski definition) is 1. The Labute approximate surface area is 187 Å². The van der Waals surface area contributed by atoms with Gasteiger partial charge in [-0.3, -0.25) is 19.3 Å². The molecule has 0 aromatic heterocycles. The third kappa shape index (κ3) is 3.53. The molecule has 0 radical (unpaired) electrons. The highest BCUT2D eigenvalue weighted by molar-refractivity contribution is 6.06. The molecule has 1 aromatic carbocycles. The number of likely N-dealkylation sites (tertiary alicyclic amines) is 1. The summed E-state index contributed by atoms with van der Waals surface area (Å²) in [6.45, 7) is 2.52. The molecule has 0 spiro atoms. The van der Waals surface area contributed by atoms with Gasteiger partial charge in [-0.25, -0.2) is 4.79 Å². The summed E-state index contributed by atoms with van der Waals surface area (Å²) in [6.07, 6.45) is 7.24. The van der Waals surface area contributed by atoms with Crippen LogP contribution in [0.25, 0.3) is 0 Å². The lowest BCUT2D eigenvalue weighted by atomic mass is 9.63. The van der Waals surface area contributed by atoms with Crippen LogP contribution in [-0.4, -0.2) is 41.7 Å². The van der Waals surface area contributed by atoms with Crippen molar-refractivity contribution in [2.24, 2.45) is 35.5 Å². The van der Waals surface area contributed by atoms with E-state index >= 15 is 0 Å². The van der Waals surface area contributed by atoms with E-state index in [4.69, 9.17) is 4.74 Å². The number of ether oxygens (including phenoxy) is 1. The molecule has 168 valence electrons. The van der Waals surface area contributed by atoms with E-state index in [2.05, 4.69) is 17.5 Å². The van der Waals surface area contributed by atoms with Gasteiger partial charge >= 0.3 is 5.97 Å². The Balaban J connectivity index is 1.14. The van der Waals surface area contributed by atoms with E-state index in [-0.39, 0.29) is 60.3 Å². The van der Waals surface area contributed by atoms with E-state index in [0.717, 1.165) is 19.3 Å². The monoisotopic (exact) mass is 436 g/mol. The van der Waals surface area contributed by atoms with E-state index in [9.17, 15) is 19.2 Å². The summed E-state index contributed by atoms with van der Waals surface area (Å²) in [6, 6.07) is 6.50. The number of nitrogens with one attached hydrogen (secondary N) is 1. The van der Waals surface area contributed by atoms with Crippen LogP contribution in [0.2, 0.25) is 0 Å². The molecular weight excluding hydrogens is 408 g/mol. The van der Waals surface area contributed by atoms with Gasteiger partial charge in [0.1, 0.15) is 0 Å². The van der Waals surface area contributed by atoms with Crippen molar-refractivity contribution in [1.82, 2.24) is 4.90 Å². The van der Waals surface area contributed by atoms with E-state index in [0.29, 0.717) is 29.7 Å². The van der Waals surface area contributed by atoms with Crippen molar-refractivity contribution < 1.29 is 23.9 Å². The first-order valence-corrected chi connectivity index (χ1v) is 11.6. The molecule has 0 unspecified atom stereocenters. The Morgan fingerprint density at radius 2 is 1.66 bits per heavy atom. The number of benzene rings is 1. The number of imide groups is 1. The molecule has 1 saturated heterocycles. The molecule has 2 saturated carbocycles. The number of hydrogen-bond acceptors (Lipinski definition) is 5. The largest absolute Gasteiger partial charge is 0.462 e. The predicted molar refractivity (Wildman–Crippen MR) is 116 cm³/mol. The van der Waals surface area contributed by atoms with E-state index in [1.807, 2.05) is 6.92 Å². The van der Waals surface area contributed by atoms with Gasteiger partial charge in [-0.1, -0.05) is 25.5 Å². The number of esters is 1. The number of carbonyl (C=O) groups is 4. The minimum absolute atomic E-state index is 0.0490. The van der Waals surface area contributed by atoms with Crippen molar-refractivity contribution in [1.29, 1.82) is 0 Å². The quantitative estimate of drug-likeness (QED) is 0.293. The first-order valence-electron chi connectivity index (χ1n) is 11.6. The first kappa shape index (κ1) is 20.9. The van der Waals surface area contributed by atoms with Crippen molar-refractivity contribution in [2.75, 3.05) is 18.5 Å². The van der Waals surface area contributed by atoms with Crippen LogP contribution in [0, 0.1) is 35.5 Å². The Kier molecular flexibility index (Phi) is 5.35. The fourth-order valence-corrected chi connectivity index (χ4v) is 5.76. The number of unbranched alkanes of at least 4 members (excludes halogenated alkanes) is 1. The smallest absolute Gasteiger partial charge is 0.338 e. The lowest BCUT2D eigenvalue weighted by Gasteiger charge is -2.37. The molecule has 7 heteroatoms. The van der Waals surface area contributed by atoms with Crippen molar-refractivity contribution in [2.45, 2.75) is 32.6 Å². The molecule has 3 fully saturated rings. The highest BCUT2D eigenvalue weighted by atomic mass is 16.5. The highest BCUT2D eigenvalue weighted by Crippen LogP contribution is 2.65. The van der Waals surface area contributed by atoms with Gasteiger partial charge in [0.2, 0.25) is 17.7 Å². The van der Waals surface area contributed by atoms with Crippen molar-refractivity contribution in [3.8, 4) is 0 Å². The summed E-state index contributed by atoms with van der Waals surface area (Å²) in [5, 5.41) is 2.77. The SMILES string of the molecule is CCCCOC(=O)c1ccc(NC(=O)CCN2C(=O)[C@@H]3[C@H]4C=C[C@@H]([C@@H]5C[C@H]45)[C@H]3C2=O)cc1. The minimum Gasteiger partial charge on any atom is -0.462 e. The molecule has 1 aliphatic heterocycles. The Hall–Kier alpha value is -2.96. The first-order chi connectivity index (χ1) is 15.5. The van der Waals surface area contributed by atoms with Gasteiger partial charge in [0, 0.05) is 18.7 Å². The average molecular weight is 437 g/mol. The summed E-state index contributed by atoms with van der Waals surface area (Å²) in [7, 11) is 0. The van der Waals surface area contributed by atoms with Gasteiger partial charge in [-0.05, 0) is 60.8 Å². The molecule has 7 nitrogen and oxygen atoms in total. The topological polar surface area (TPSA) is 92.8 Å². The summed E-state index contributed by atoms with van der Waals surface area (Å²) in [5.74, 6) is 0.189. The van der Waals surface area contributed by atoms with Crippen LogP contribution in [0.4, 0.5) is 5.69 Å². The molecule has 2 bridgehead atoms. The van der Waals surface area contributed by atoms with Crippen molar-refractivity contribution >= 4 is 29.4 Å². The van der Waals surface area contributed by atoms with E-state index < -0.39 is 0 Å². The highest BCUT2D eigenvalue weighted by Gasteiger charge is 2.66. The number of amides is 3. The third-order valence-electron chi connectivity index (χ3n) is 7.45. The second-order valence-electron chi connectivity index (χ2n) is 9.35. The van der Waals surface area contributed by atoms with Crippen LogP contribution in [0.5, 0.6) is 0 Å². The zero-order valence-corrected chi connectivity index (χ0v) is 18.2. The average Bonchev–Trinajstić information content (AvgIpc) is 3.57. The molecular formula is C25H28N2O5. The predicted octanol–water partition coefficient (Wildman–Crippen LogP) is 3.03. The summed E-state index contributed by atoms with van der Waals surface area (Å²) >= 11 is 0. The van der Waals surface area contributed by atoms with Crippen LogP contribution in [0.1, 0.15) is 43.0 Å². The number of nitrogens with zero attached hydrogens (tertiary/aromatic N) is 1. The van der Waals surface area contributed by atoms with Crippen LogP contribution in [-0.2, 0) is 19.1 Å². The lowest BCUT2D eigenvalue weighted by Crippen LogP contribution is -2.40. The Morgan fingerprint density at radius 3 is 2.25 bits per heavy atom. The summed E-state index contributed by atoms with van der Waals surface area (Å²) in [5.41, 5.74) is 0.978. The maximum atomic E-state index is 13.0. The third-order valence-corrected chi connectivity index (χ3v) is 7.45. The zero-order valence-electron chi connectivity index (χ0n) is 18.2. The summed E-state index contributed by atoms with van der Waals surface area (Å²) in [4.78, 5) is 51.6. The lowest BCUT2D eigenvalue weighted by molar-refractivity contribution is -0.140. The molecule has 1 aromatic rings.